The van der Waals surface area contributed by atoms with E-state index in [0.29, 0.717) is 17.5 Å². The Bertz CT molecular complexity index is 2740. The van der Waals surface area contributed by atoms with Gasteiger partial charge in [0.25, 0.3) is 0 Å². The van der Waals surface area contributed by atoms with E-state index >= 15 is 0 Å². The Labute approximate surface area is 332 Å². The maximum atomic E-state index is 4.92. The molecular weight excluding hydrogens is 695 g/mol. The molecule has 0 fully saturated rings. The zero-order valence-electron chi connectivity index (χ0n) is 31.2. The van der Waals surface area contributed by atoms with Gasteiger partial charge in [-0.2, -0.15) is 0 Å². The highest BCUT2D eigenvalue weighted by Gasteiger charge is 2.14. The maximum Gasteiger partial charge on any atom is 0.164 e. The van der Waals surface area contributed by atoms with Gasteiger partial charge in [-0.15, -0.1) is 6.58 Å². The zero-order chi connectivity index (χ0) is 38.4. The van der Waals surface area contributed by atoms with Crippen LogP contribution in [0.2, 0.25) is 0 Å². The summed E-state index contributed by atoms with van der Waals surface area (Å²) in [4.78, 5) is 23.0. The first kappa shape index (κ1) is 35.1. The molecule has 0 aliphatic heterocycles. The van der Waals surface area contributed by atoms with Crippen molar-refractivity contribution in [3.05, 3.63) is 213 Å². The molecule has 0 aliphatic carbocycles. The molecule has 0 aliphatic rings. The van der Waals surface area contributed by atoms with Crippen LogP contribution in [0.4, 0.5) is 0 Å². The predicted octanol–water partition coefficient (Wildman–Crippen LogP) is 12.7. The van der Waals surface area contributed by atoms with Gasteiger partial charge in [-0.3, -0.25) is 9.97 Å². The first-order valence-electron chi connectivity index (χ1n) is 19.0. The molecule has 57 heavy (non-hydrogen) atoms. The maximum absolute atomic E-state index is 4.92. The lowest BCUT2D eigenvalue weighted by molar-refractivity contribution is 1.07. The summed E-state index contributed by atoms with van der Waals surface area (Å²) >= 11 is 0. The van der Waals surface area contributed by atoms with Gasteiger partial charge in [0, 0.05) is 41.5 Å². The monoisotopic (exact) mass is 731 g/mol. The summed E-state index contributed by atoms with van der Waals surface area (Å²) < 4.78 is 0. The third-order valence-electron chi connectivity index (χ3n) is 10.1. The topological polar surface area (TPSA) is 64.5 Å². The fourth-order valence-electron chi connectivity index (χ4n) is 7.09. The average molecular weight is 732 g/mol. The van der Waals surface area contributed by atoms with Crippen LogP contribution in [0.5, 0.6) is 0 Å². The van der Waals surface area contributed by atoms with Crippen molar-refractivity contribution in [2.75, 3.05) is 0 Å². The molecule has 5 heteroatoms. The predicted molar refractivity (Wildman–Crippen MR) is 233 cm³/mol. The van der Waals surface area contributed by atoms with Crippen LogP contribution >= 0.6 is 0 Å². The normalized spacial score (nSPS) is 10.9. The van der Waals surface area contributed by atoms with Crippen molar-refractivity contribution in [1.29, 1.82) is 0 Å². The largest absolute Gasteiger partial charge is 0.265 e. The molecule has 0 saturated carbocycles. The van der Waals surface area contributed by atoms with Crippen LogP contribution in [0.25, 0.3) is 89.8 Å². The van der Waals surface area contributed by atoms with E-state index in [1.54, 1.807) is 24.8 Å². The van der Waals surface area contributed by atoms with E-state index in [1.807, 2.05) is 36.4 Å². The van der Waals surface area contributed by atoms with Crippen LogP contribution in [0.15, 0.2) is 207 Å². The number of nitrogens with zero attached hydrogens (tertiary/aromatic N) is 5. The Kier molecular flexibility index (Phi) is 9.85. The van der Waals surface area contributed by atoms with Crippen molar-refractivity contribution in [2.24, 2.45) is 0 Å². The molecular formula is C52H37N5. The fourth-order valence-corrected chi connectivity index (χ4v) is 7.09. The molecule has 9 rings (SSSR count). The van der Waals surface area contributed by atoms with Gasteiger partial charge in [0.05, 0.1) is 0 Å². The molecule has 270 valence electrons. The molecule has 0 amide bonds. The molecule has 0 spiro atoms. The molecule has 5 nitrogen and oxygen atoms in total. The van der Waals surface area contributed by atoms with E-state index in [9.17, 15) is 0 Å². The van der Waals surface area contributed by atoms with E-state index in [2.05, 4.69) is 156 Å². The first-order valence-corrected chi connectivity index (χ1v) is 19.0. The van der Waals surface area contributed by atoms with Gasteiger partial charge in [-0.1, -0.05) is 121 Å². The van der Waals surface area contributed by atoms with Crippen LogP contribution in [-0.2, 0) is 6.42 Å². The van der Waals surface area contributed by atoms with Crippen LogP contribution in [0.1, 0.15) is 5.56 Å². The van der Waals surface area contributed by atoms with E-state index in [1.165, 1.54) is 38.9 Å². The van der Waals surface area contributed by atoms with Crippen molar-refractivity contribution in [2.45, 2.75) is 6.42 Å². The summed E-state index contributed by atoms with van der Waals surface area (Å²) in [6.07, 6.45) is 9.79. The van der Waals surface area contributed by atoms with Crippen molar-refractivity contribution >= 4 is 0 Å². The minimum absolute atomic E-state index is 0.589. The molecule has 3 aromatic heterocycles. The molecule has 6 aromatic carbocycles. The van der Waals surface area contributed by atoms with Gasteiger partial charge in [0.15, 0.2) is 17.5 Å². The lowest BCUT2D eigenvalue weighted by Crippen LogP contribution is -2.00. The van der Waals surface area contributed by atoms with E-state index in [4.69, 9.17) is 15.0 Å². The molecule has 3 heterocycles. The summed E-state index contributed by atoms with van der Waals surface area (Å²) in [6, 6.07) is 59.9. The first-order chi connectivity index (χ1) is 28.2. The van der Waals surface area contributed by atoms with E-state index in [0.717, 1.165) is 45.4 Å². The summed E-state index contributed by atoms with van der Waals surface area (Å²) in [5, 5.41) is 0. The Hall–Kier alpha value is -7.63. The summed E-state index contributed by atoms with van der Waals surface area (Å²) in [7, 11) is 0. The van der Waals surface area contributed by atoms with Gasteiger partial charge in [-0.05, 0) is 122 Å². The molecule has 9 aromatic rings. The quantitative estimate of drug-likeness (QED) is 0.131. The number of hydrogen-bond donors (Lipinski definition) is 0. The fraction of sp³-hybridized carbons (Fsp3) is 0.0192. The third kappa shape index (κ3) is 7.81. The number of pyridine rings is 2. The third-order valence-corrected chi connectivity index (χ3v) is 10.1. The van der Waals surface area contributed by atoms with Gasteiger partial charge in [0.1, 0.15) is 0 Å². The van der Waals surface area contributed by atoms with Gasteiger partial charge < -0.3 is 0 Å². The molecule has 0 N–H and O–H groups in total. The van der Waals surface area contributed by atoms with Crippen molar-refractivity contribution in [3.63, 3.8) is 0 Å². The Morgan fingerprint density at radius 1 is 0.316 bits per heavy atom. The summed E-state index contributed by atoms with van der Waals surface area (Å²) in [5.41, 5.74) is 15.5. The minimum Gasteiger partial charge on any atom is -0.265 e. The summed E-state index contributed by atoms with van der Waals surface area (Å²) in [6.45, 7) is 3.90. The van der Waals surface area contributed by atoms with Crippen molar-refractivity contribution < 1.29 is 0 Å². The van der Waals surface area contributed by atoms with Crippen molar-refractivity contribution in [3.8, 4) is 89.8 Å². The summed E-state index contributed by atoms with van der Waals surface area (Å²) in [5.74, 6) is 1.78. The molecule has 0 unspecified atom stereocenters. The number of aromatic nitrogens is 5. The van der Waals surface area contributed by atoms with Crippen LogP contribution in [-0.4, -0.2) is 24.9 Å². The SMILES string of the molecule is C=CCc1ccc(-c2cc(-c3ccccc3)cc(-c3ccc(-c4cccc(-c5cccc(-c6nc(-c7ccncc7)nc(-c7ccncc7)n6)c5)c4)cc3)c2)cc1. The Balaban J connectivity index is 1.03. The lowest BCUT2D eigenvalue weighted by atomic mass is 9.92. The number of rotatable bonds is 10. The minimum atomic E-state index is 0.589. The Morgan fingerprint density at radius 3 is 1.16 bits per heavy atom. The second-order valence-electron chi connectivity index (χ2n) is 13.9. The average Bonchev–Trinajstić information content (AvgIpc) is 3.30. The van der Waals surface area contributed by atoms with E-state index < -0.39 is 0 Å². The molecule has 0 bridgehead atoms. The highest BCUT2D eigenvalue weighted by molar-refractivity contribution is 5.83. The standard InChI is InChI=1S/C52H37N5/c1-2-8-36-15-17-39(18-16-36)48-33-47(37-9-4-3-5-10-37)34-49(35-48)40-21-19-38(20-22-40)43-11-6-12-44(31-43)45-13-7-14-46(32-45)52-56-50(41-23-27-53-28-24-41)55-51(57-52)42-25-29-54-30-26-42/h2-7,9-35H,1,8H2. The number of benzene rings is 6. The van der Waals surface area contributed by atoms with Crippen molar-refractivity contribution in [1.82, 2.24) is 24.9 Å². The van der Waals surface area contributed by atoms with Gasteiger partial charge in [0.2, 0.25) is 0 Å². The number of allylic oxidation sites excluding steroid dienone is 1. The van der Waals surface area contributed by atoms with Crippen LogP contribution < -0.4 is 0 Å². The van der Waals surface area contributed by atoms with Crippen LogP contribution in [0, 0.1) is 0 Å². The second kappa shape index (κ2) is 16.0. The smallest absolute Gasteiger partial charge is 0.164 e. The Morgan fingerprint density at radius 2 is 0.667 bits per heavy atom. The van der Waals surface area contributed by atoms with E-state index in [-0.39, 0.29) is 0 Å². The molecule has 0 saturated heterocycles. The van der Waals surface area contributed by atoms with Gasteiger partial charge >= 0.3 is 0 Å². The highest BCUT2D eigenvalue weighted by atomic mass is 15.0. The molecule has 0 radical (unpaired) electrons. The molecule has 0 atom stereocenters. The van der Waals surface area contributed by atoms with Gasteiger partial charge in [-0.25, -0.2) is 15.0 Å². The van der Waals surface area contributed by atoms with Crippen LogP contribution in [0.3, 0.4) is 0 Å². The second-order valence-corrected chi connectivity index (χ2v) is 13.9. The lowest BCUT2D eigenvalue weighted by Gasteiger charge is -2.13. The highest BCUT2D eigenvalue weighted by Crippen LogP contribution is 2.35. The zero-order valence-corrected chi connectivity index (χ0v) is 31.2. The number of hydrogen-bond acceptors (Lipinski definition) is 5.